The van der Waals surface area contributed by atoms with Crippen molar-refractivity contribution in [3.05, 3.63) is 65.1 Å². The number of rotatable bonds is 10. The van der Waals surface area contributed by atoms with Gasteiger partial charge in [0.05, 0.1) is 13.2 Å². The molecule has 8 heteroatoms. The highest BCUT2D eigenvalue weighted by molar-refractivity contribution is 5.96. The molecular weight excluding hydrogens is 654 g/mol. The molecule has 3 fully saturated rings. The van der Waals surface area contributed by atoms with Crippen molar-refractivity contribution >= 4 is 11.7 Å². The summed E-state index contributed by atoms with van der Waals surface area (Å²) in [5.41, 5.74) is 2.82. The van der Waals surface area contributed by atoms with Gasteiger partial charge in [0.25, 0.3) is 0 Å². The summed E-state index contributed by atoms with van der Waals surface area (Å²) in [6.07, 6.45) is 14.4. The first-order valence-electron chi connectivity index (χ1n) is 19.5. The Labute approximate surface area is 311 Å². The number of nitrogens with one attached hydrogen (secondary N) is 1. The van der Waals surface area contributed by atoms with Gasteiger partial charge in [-0.05, 0) is 147 Å². The van der Waals surface area contributed by atoms with Gasteiger partial charge < -0.3 is 35.6 Å². The third-order valence-electron chi connectivity index (χ3n) is 15.3. The van der Waals surface area contributed by atoms with Crippen LogP contribution in [0.4, 0.5) is 5.69 Å². The zero-order valence-corrected chi connectivity index (χ0v) is 32.9. The average molecular weight is 720 g/mol. The van der Waals surface area contributed by atoms with E-state index in [1.165, 1.54) is 42.7 Å². The topological polar surface area (TPSA) is 139 Å². The van der Waals surface area contributed by atoms with Crippen LogP contribution in [0.2, 0.25) is 0 Å². The molecule has 4 aliphatic carbocycles. The van der Waals surface area contributed by atoms with E-state index in [1.807, 2.05) is 0 Å². The van der Waals surface area contributed by atoms with Gasteiger partial charge in [-0.2, -0.15) is 0 Å². The second kappa shape index (κ2) is 14.9. The number of methoxy groups -OCH3 is 1. The quantitative estimate of drug-likeness (QED) is 0.0609. The molecule has 8 nitrogen and oxygen atoms in total. The molecule has 1 aromatic rings. The summed E-state index contributed by atoms with van der Waals surface area (Å²) >= 11 is 0. The zero-order valence-electron chi connectivity index (χ0n) is 32.9. The Morgan fingerprint density at radius 3 is 2.31 bits per heavy atom. The molecule has 0 radical (unpaired) electrons. The summed E-state index contributed by atoms with van der Waals surface area (Å²) in [7, 11) is 1.24. The summed E-state index contributed by atoms with van der Waals surface area (Å²) in [5, 5.41) is 58.6. The van der Waals surface area contributed by atoms with E-state index >= 15 is 0 Å². The van der Waals surface area contributed by atoms with Crippen molar-refractivity contribution in [3.63, 3.8) is 0 Å². The predicted octanol–water partition coefficient (Wildman–Crippen LogP) is 9.50. The lowest BCUT2D eigenvalue weighted by molar-refractivity contribution is -0.0701. The Balaban J connectivity index is 1.36. The lowest BCUT2D eigenvalue weighted by Crippen LogP contribution is -2.51. The van der Waals surface area contributed by atoms with Crippen LogP contribution in [0.15, 0.2) is 54.0 Å². The van der Waals surface area contributed by atoms with Gasteiger partial charge in [0.15, 0.2) is 5.75 Å². The lowest BCUT2D eigenvalue weighted by Gasteiger charge is -2.59. The number of allylic oxidation sites excluding steroid dienone is 3. The molecule has 3 saturated carbocycles. The summed E-state index contributed by atoms with van der Waals surface area (Å²) in [6.45, 7) is 20.4. The minimum Gasteiger partial charge on any atom is -0.509 e. The Kier molecular flexibility index (Phi) is 11.4. The molecule has 1 aromatic carbocycles. The fraction of sp³-hybridized carbons (Fsp3) is 0.659. The van der Waals surface area contributed by atoms with Crippen molar-refractivity contribution in [2.45, 2.75) is 131 Å². The number of carbonyl (C=O) groups is 1. The summed E-state index contributed by atoms with van der Waals surface area (Å²) in [6, 6.07) is 1.53. The molecule has 2 unspecified atom stereocenters. The Bertz CT molecular complexity index is 1630. The fourth-order valence-corrected chi connectivity index (χ4v) is 11.3. The summed E-state index contributed by atoms with van der Waals surface area (Å²) in [4.78, 5) is 12.9. The summed E-state index contributed by atoms with van der Waals surface area (Å²) < 4.78 is 5.00. The number of aliphatic hydroxyl groups is 3. The molecule has 0 heterocycles. The summed E-state index contributed by atoms with van der Waals surface area (Å²) in [5.74, 6) is -0.291. The van der Waals surface area contributed by atoms with Gasteiger partial charge in [0.2, 0.25) is 0 Å². The van der Waals surface area contributed by atoms with E-state index in [9.17, 15) is 30.3 Å². The van der Waals surface area contributed by atoms with Crippen molar-refractivity contribution in [2.24, 2.45) is 45.3 Å². The van der Waals surface area contributed by atoms with Crippen LogP contribution in [0.5, 0.6) is 11.5 Å². The van der Waals surface area contributed by atoms with Crippen LogP contribution in [0.1, 0.15) is 129 Å². The van der Waals surface area contributed by atoms with Crippen LogP contribution in [-0.4, -0.2) is 50.8 Å². The molecule has 4 aliphatic rings. The van der Waals surface area contributed by atoms with Gasteiger partial charge in [-0.25, -0.2) is 4.79 Å². The number of benzene rings is 1. The third kappa shape index (κ3) is 6.95. The fourth-order valence-electron chi connectivity index (χ4n) is 11.3. The first-order valence-corrected chi connectivity index (χ1v) is 19.5. The van der Waals surface area contributed by atoms with E-state index in [1.54, 1.807) is 0 Å². The molecule has 5 rings (SSSR count). The van der Waals surface area contributed by atoms with Crippen molar-refractivity contribution in [3.8, 4) is 11.5 Å². The lowest BCUT2D eigenvalue weighted by atomic mass is 9.46. The van der Waals surface area contributed by atoms with Gasteiger partial charge in [-0.15, -0.1) is 0 Å². The molecular formula is C44H65NO7. The molecule has 6 N–H and O–H groups in total. The van der Waals surface area contributed by atoms with E-state index in [0.717, 1.165) is 57.8 Å². The van der Waals surface area contributed by atoms with Gasteiger partial charge >= 0.3 is 5.97 Å². The highest BCUT2D eigenvalue weighted by Gasteiger charge is 2.55. The van der Waals surface area contributed by atoms with E-state index in [4.69, 9.17) is 4.74 Å². The number of hydrogen-bond donors (Lipinski definition) is 6. The van der Waals surface area contributed by atoms with Crippen LogP contribution < -0.4 is 5.32 Å². The number of phenols is 2. The minimum atomic E-state index is -1.46. The van der Waals surface area contributed by atoms with Gasteiger partial charge in [-0.1, -0.05) is 65.3 Å². The Morgan fingerprint density at radius 2 is 1.63 bits per heavy atom. The van der Waals surface area contributed by atoms with Gasteiger partial charge in [-0.3, -0.25) is 0 Å². The van der Waals surface area contributed by atoms with Crippen LogP contribution in [0.3, 0.4) is 0 Å². The van der Waals surface area contributed by atoms with Crippen molar-refractivity contribution in [1.29, 1.82) is 0 Å². The number of esters is 1. The molecule has 0 amide bonds. The van der Waals surface area contributed by atoms with E-state index in [2.05, 4.69) is 66.4 Å². The van der Waals surface area contributed by atoms with E-state index in [0.29, 0.717) is 42.1 Å². The SMILES string of the molecule is C=C1CCC[C@H]2[C@](C)(CC(O)/C=C(\O)C(O)/C=C\Nc3c(O)c(C[C@]4(C)[C@@H](C)CC[C@]5(C)C(C)=CCC[C@@H]45)cc(C(=O)OC)c3O)[C@@H](C)CC[C@]12C. The molecule has 0 saturated heterocycles. The molecule has 52 heavy (non-hydrogen) atoms. The van der Waals surface area contributed by atoms with Crippen LogP contribution >= 0.6 is 0 Å². The van der Waals surface area contributed by atoms with E-state index in [-0.39, 0.29) is 38.7 Å². The molecule has 0 aromatic heterocycles. The number of ether oxygens (including phenoxy) is 1. The van der Waals surface area contributed by atoms with Crippen LogP contribution in [0, 0.1) is 45.3 Å². The number of aliphatic hydroxyl groups excluding tert-OH is 3. The first kappa shape index (κ1) is 40.0. The predicted molar refractivity (Wildman–Crippen MR) is 207 cm³/mol. The molecule has 288 valence electrons. The van der Waals surface area contributed by atoms with Gasteiger partial charge in [0.1, 0.15) is 28.9 Å². The Morgan fingerprint density at radius 1 is 1.00 bits per heavy atom. The second-order valence-electron chi connectivity index (χ2n) is 17.9. The Hall–Kier alpha value is -3.23. The minimum absolute atomic E-state index is 0.0419. The second-order valence-corrected chi connectivity index (χ2v) is 17.9. The monoisotopic (exact) mass is 719 g/mol. The number of carbonyl (C=O) groups excluding carboxylic acids is 1. The highest BCUT2D eigenvalue weighted by atomic mass is 16.5. The van der Waals surface area contributed by atoms with Crippen molar-refractivity contribution in [2.75, 3.05) is 12.4 Å². The number of fused-ring (bicyclic) bond motifs is 2. The van der Waals surface area contributed by atoms with Crippen molar-refractivity contribution < 1.29 is 35.1 Å². The number of aromatic hydroxyl groups is 2. The normalized spacial score (nSPS) is 36.4. The van der Waals surface area contributed by atoms with Crippen LogP contribution in [-0.2, 0) is 11.2 Å². The molecule has 0 aliphatic heterocycles. The maximum atomic E-state index is 12.9. The first-order chi connectivity index (χ1) is 24.3. The third-order valence-corrected chi connectivity index (χ3v) is 15.3. The smallest absolute Gasteiger partial charge is 0.341 e. The molecule has 0 bridgehead atoms. The average Bonchev–Trinajstić information content (AvgIpc) is 3.09. The van der Waals surface area contributed by atoms with E-state index < -0.39 is 29.7 Å². The maximum absolute atomic E-state index is 12.9. The number of anilines is 1. The number of phenolic OH excluding ortho intramolecular Hbond substituents is 2. The largest absolute Gasteiger partial charge is 0.509 e. The van der Waals surface area contributed by atoms with Crippen LogP contribution in [0.25, 0.3) is 0 Å². The standard InChI is InChI=1S/C44H65NO7/c1-26-12-10-14-35-41(26,5)19-16-28(3)43(35,7)24-30-22-32(40(51)52-9)39(50)37(38(30)49)45-21-18-33(47)34(48)23-31(46)25-44(8)29(4)17-20-42(6)27(2)13-11-15-36(42)44/h12,18,21-23,28-29,31,33,35-36,45-50H,2,10-11,13-17,19-20,24-25H2,1,3-9H3/b21-18-,34-23-/t28-,29-,31?,33?,35+,36+,41+,42+,43+,44+/m0/s1. The van der Waals surface area contributed by atoms with Gasteiger partial charge in [0, 0.05) is 6.20 Å². The molecule has 0 spiro atoms. The zero-order chi connectivity index (χ0) is 38.4. The number of hydrogen-bond acceptors (Lipinski definition) is 8. The highest BCUT2D eigenvalue weighted by Crippen LogP contribution is 2.63. The molecule has 10 atom stereocenters. The van der Waals surface area contributed by atoms with Crippen molar-refractivity contribution in [1.82, 2.24) is 0 Å². The maximum Gasteiger partial charge on any atom is 0.341 e.